The number of hydrogen-bond acceptors (Lipinski definition) is 2. The highest BCUT2D eigenvalue weighted by molar-refractivity contribution is 5.38. The molecule has 3 aromatic rings. The fraction of sp³-hybridized carbons (Fsp3) is 0.308. The molecule has 1 atom stereocenters. The standard InChI is InChI=1S/C26H30O2/c1-4-17-26(3,22-12-10-15-24(19-22)27-5-2)20-21-11-9-16-25(18-21)28-23-13-7-6-8-14-23/h6-16,18-19H,4-5,17,20H2,1-3H3. The Kier molecular flexibility index (Phi) is 6.76. The van der Waals surface area contributed by atoms with Gasteiger partial charge in [-0.3, -0.25) is 0 Å². The number of rotatable bonds is 9. The van der Waals surface area contributed by atoms with Crippen LogP contribution in [-0.4, -0.2) is 6.61 Å². The zero-order valence-electron chi connectivity index (χ0n) is 17.2. The van der Waals surface area contributed by atoms with Crippen molar-refractivity contribution in [2.75, 3.05) is 6.61 Å². The van der Waals surface area contributed by atoms with Gasteiger partial charge in [0.2, 0.25) is 0 Å². The Bertz CT molecular complexity index is 872. The molecule has 146 valence electrons. The highest BCUT2D eigenvalue weighted by atomic mass is 16.5. The predicted octanol–water partition coefficient (Wildman–Crippen LogP) is 7.18. The Morgan fingerprint density at radius 1 is 0.750 bits per heavy atom. The van der Waals surface area contributed by atoms with Crippen LogP contribution in [0.15, 0.2) is 78.9 Å². The highest BCUT2D eigenvalue weighted by Crippen LogP contribution is 2.35. The molecule has 0 N–H and O–H groups in total. The van der Waals surface area contributed by atoms with Crippen molar-refractivity contribution >= 4 is 0 Å². The van der Waals surface area contributed by atoms with Crippen molar-refractivity contribution in [3.63, 3.8) is 0 Å². The second-order valence-electron chi connectivity index (χ2n) is 7.51. The van der Waals surface area contributed by atoms with E-state index in [2.05, 4.69) is 50.2 Å². The van der Waals surface area contributed by atoms with Gasteiger partial charge < -0.3 is 9.47 Å². The Balaban J connectivity index is 1.84. The summed E-state index contributed by atoms with van der Waals surface area (Å²) in [6, 6.07) is 26.9. The monoisotopic (exact) mass is 374 g/mol. The van der Waals surface area contributed by atoms with Crippen LogP contribution in [0.2, 0.25) is 0 Å². The molecule has 0 aliphatic carbocycles. The van der Waals surface area contributed by atoms with Crippen LogP contribution >= 0.6 is 0 Å². The van der Waals surface area contributed by atoms with Crippen LogP contribution in [0.5, 0.6) is 17.2 Å². The van der Waals surface area contributed by atoms with Crippen molar-refractivity contribution < 1.29 is 9.47 Å². The maximum Gasteiger partial charge on any atom is 0.127 e. The summed E-state index contributed by atoms with van der Waals surface area (Å²) in [5, 5.41) is 0. The Hall–Kier alpha value is -2.74. The van der Waals surface area contributed by atoms with Crippen molar-refractivity contribution in [2.45, 2.75) is 45.4 Å². The number of hydrogen-bond donors (Lipinski definition) is 0. The quantitative estimate of drug-likeness (QED) is 0.395. The van der Waals surface area contributed by atoms with Gasteiger partial charge in [-0.25, -0.2) is 0 Å². The maximum atomic E-state index is 6.03. The molecule has 0 saturated carbocycles. The van der Waals surface area contributed by atoms with Gasteiger partial charge >= 0.3 is 0 Å². The zero-order chi connectivity index (χ0) is 19.8. The van der Waals surface area contributed by atoms with Gasteiger partial charge in [0.1, 0.15) is 17.2 Å². The number of para-hydroxylation sites is 1. The molecule has 0 aliphatic heterocycles. The molecular weight excluding hydrogens is 344 g/mol. The lowest BCUT2D eigenvalue weighted by Gasteiger charge is -2.31. The van der Waals surface area contributed by atoms with Gasteiger partial charge in [0.05, 0.1) is 6.61 Å². The second-order valence-corrected chi connectivity index (χ2v) is 7.51. The molecule has 2 heteroatoms. The minimum absolute atomic E-state index is 0.0488. The molecule has 0 fully saturated rings. The van der Waals surface area contributed by atoms with Gasteiger partial charge in [-0.15, -0.1) is 0 Å². The van der Waals surface area contributed by atoms with Crippen molar-refractivity contribution in [1.29, 1.82) is 0 Å². The zero-order valence-corrected chi connectivity index (χ0v) is 17.2. The largest absolute Gasteiger partial charge is 0.494 e. The van der Waals surface area contributed by atoms with Crippen molar-refractivity contribution in [3.8, 4) is 17.2 Å². The molecule has 3 rings (SSSR count). The summed E-state index contributed by atoms with van der Waals surface area (Å²) in [6.45, 7) is 7.31. The van der Waals surface area contributed by atoms with E-state index in [4.69, 9.17) is 9.47 Å². The van der Waals surface area contributed by atoms with Crippen molar-refractivity contribution in [3.05, 3.63) is 90.0 Å². The van der Waals surface area contributed by atoms with Crippen LogP contribution in [-0.2, 0) is 11.8 Å². The highest BCUT2D eigenvalue weighted by Gasteiger charge is 2.26. The van der Waals surface area contributed by atoms with Gasteiger partial charge in [-0.1, -0.05) is 62.7 Å². The van der Waals surface area contributed by atoms with E-state index in [1.807, 2.05) is 49.4 Å². The maximum absolute atomic E-state index is 6.03. The third-order valence-electron chi connectivity index (χ3n) is 5.12. The average Bonchev–Trinajstić information content (AvgIpc) is 2.70. The molecule has 0 aliphatic rings. The van der Waals surface area contributed by atoms with E-state index >= 15 is 0 Å². The van der Waals surface area contributed by atoms with Crippen LogP contribution in [0.1, 0.15) is 44.7 Å². The summed E-state index contributed by atoms with van der Waals surface area (Å²) in [6.07, 6.45) is 3.21. The first kappa shape index (κ1) is 20.0. The lowest BCUT2D eigenvalue weighted by atomic mass is 9.74. The van der Waals surface area contributed by atoms with Crippen LogP contribution in [0.25, 0.3) is 0 Å². The van der Waals surface area contributed by atoms with E-state index in [9.17, 15) is 0 Å². The molecule has 2 nitrogen and oxygen atoms in total. The second kappa shape index (κ2) is 9.45. The first-order chi connectivity index (χ1) is 13.6. The lowest BCUT2D eigenvalue weighted by molar-refractivity contribution is 0.337. The Morgan fingerprint density at radius 3 is 2.21 bits per heavy atom. The van der Waals surface area contributed by atoms with Crippen molar-refractivity contribution in [1.82, 2.24) is 0 Å². The molecule has 28 heavy (non-hydrogen) atoms. The van der Waals surface area contributed by atoms with Gasteiger partial charge in [0, 0.05) is 0 Å². The summed E-state index contributed by atoms with van der Waals surface area (Å²) in [5.41, 5.74) is 2.66. The van der Waals surface area contributed by atoms with Crippen molar-refractivity contribution in [2.24, 2.45) is 0 Å². The summed E-state index contributed by atoms with van der Waals surface area (Å²) in [5.74, 6) is 2.69. The molecule has 3 aromatic carbocycles. The average molecular weight is 375 g/mol. The molecule has 0 bridgehead atoms. The fourth-order valence-corrected chi connectivity index (χ4v) is 3.81. The first-order valence-corrected chi connectivity index (χ1v) is 10.2. The first-order valence-electron chi connectivity index (χ1n) is 10.2. The van der Waals surface area contributed by atoms with E-state index in [0.717, 1.165) is 36.5 Å². The summed E-state index contributed by atoms with van der Waals surface area (Å²) < 4.78 is 11.8. The topological polar surface area (TPSA) is 18.5 Å². The molecule has 0 spiro atoms. The minimum atomic E-state index is 0.0488. The van der Waals surface area contributed by atoms with Crippen LogP contribution in [0.3, 0.4) is 0 Å². The van der Waals surface area contributed by atoms with Crippen LogP contribution in [0, 0.1) is 0 Å². The SMILES string of the molecule is CCCC(C)(Cc1cccc(Oc2ccccc2)c1)c1cccc(OCC)c1. The van der Waals surface area contributed by atoms with Gasteiger partial charge in [0.15, 0.2) is 0 Å². The third kappa shape index (κ3) is 5.16. The Labute approximate surface area is 169 Å². The van der Waals surface area contributed by atoms with Crippen LogP contribution < -0.4 is 9.47 Å². The minimum Gasteiger partial charge on any atom is -0.494 e. The summed E-state index contributed by atoms with van der Waals surface area (Å²) in [7, 11) is 0. The van der Waals surface area contributed by atoms with Crippen LogP contribution in [0.4, 0.5) is 0 Å². The molecular formula is C26H30O2. The van der Waals surface area contributed by atoms with E-state index in [1.165, 1.54) is 11.1 Å². The smallest absolute Gasteiger partial charge is 0.127 e. The number of ether oxygens (including phenoxy) is 2. The van der Waals surface area contributed by atoms with E-state index in [1.54, 1.807) is 0 Å². The van der Waals surface area contributed by atoms with Gasteiger partial charge in [-0.2, -0.15) is 0 Å². The van der Waals surface area contributed by atoms with E-state index in [-0.39, 0.29) is 5.41 Å². The summed E-state index contributed by atoms with van der Waals surface area (Å²) in [4.78, 5) is 0. The number of benzene rings is 3. The third-order valence-corrected chi connectivity index (χ3v) is 5.12. The van der Waals surface area contributed by atoms with Gasteiger partial charge in [0.25, 0.3) is 0 Å². The normalized spacial score (nSPS) is 13.0. The lowest BCUT2D eigenvalue weighted by Crippen LogP contribution is -2.25. The van der Waals surface area contributed by atoms with Gasteiger partial charge in [-0.05, 0) is 72.7 Å². The van der Waals surface area contributed by atoms with E-state index in [0.29, 0.717) is 6.61 Å². The molecule has 0 heterocycles. The molecule has 1 unspecified atom stereocenters. The predicted molar refractivity (Wildman–Crippen MR) is 117 cm³/mol. The molecule has 0 saturated heterocycles. The summed E-state index contributed by atoms with van der Waals surface area (Å²) >= 11 is 0. The fourth-order valence-electron chi connectivity index (χ4n) is 3.81. The van der Waals surface area contributed by atoms with E-state index < -0.39 is 0 Å². The molecule has 0 aromatic heterocycles. The molecule has 0 radical (unpaired) electrons. The molecule has 0 amide bonds. The Morgan fingerprint density at radius 2 is 1.46 bits per heavy atom.